The second kappa shape index (κ2) is 7.48. The van der Waals surface area contributed by atoms with Gasteiger partial charge in [-0.3, -0.25) is 4.90 Å². The van der Waals surface area contributed by atoms with Gasteiger partial charge >= 0.3 is 0 Å². The van der Waals surface area contributed by atoms with E-state index >= 15 is 0 Å². The predicted octanol–water partition coefficient (Wildman–Crippen LogP) is 1.32. The summed E-state index contributed by atoms with van der Waals surface area (Å²) < 4.78 is 13.6. The Balaban J connectivity index is 1.41. The molecule has 0 amide bonds. The second-order valence-electron chi connectivity index (χ2n) is 6.39. The Labute approximate surface area is 131 Å². The number of piperidine rings is 1. The third kappa shape index (κ3) is 3.83. The van der Waals surface area contributed by atoms with Crippen LogP contribution in [0.2, 0.25) is 0 Å². The van der Waals surface area contributed by atoms with Crippen LogP contribution in [0.15, 0.2) is 0 Å². The maximum Gasteiger partial charge on any atom is 0.167 e. The van der Waals surface area contributed by atoms with Crippen molar-refractivity contribution >= 4 is 0 Å². The summed E-state index contributed by atoms with van der Waals surface area (Å²) in [6.07, 6.45) is 6.45. The normalized spacial score (nSPS) is 26.2. The Kier molecular flexibility index (Phi) is 5.38. The molecule has 2 aliphatic heterocycles. The number of rotatable bonds is 5. The Morgan fingerprint density at radius 3 is 2.73 bits per heavy atom. The summed E-state index contributed by atoms with van der Waals surface area (Å²) in [6.45, 7) is 5.89. The van der Waals surface area contributed by atoms with Crippen LogP contribution in [-0.4, -0.2) is 63.6 Å². The zero-order valence-corrected chi connectivity index (χ0v) is 13.6. The summed E-state index contributed by atoms with van der Waals surface area (Å²) in [7, 11) is 1.89. The minimum atomic E-state index is 0.252. The van der Waals surface area contributed by atoms with E-state index in [0.29, 0.717) is 12.2 Å². The van der Waals surface area contributed by atoms with Gasteiger partial charge in [-0.25, -0.2) is 4.68 Å². The molecule has 0 bridgehead atoms. The fourth-order valence-corrected chi connectivity index (χ4v) is 3.37. The maximum atomic E-state index is 6.07. The van der Waals surface area contributed by atoms with Crippen LogP contribution < -0.4 is 0 Å². The molecule has 3 rings (SSSR count). The molecule has 7 nitrogen and oxygen atoms in total. The fourth-order valence-electron chi connectivity index (χ4n) is 3.37. The molecule has 2 atom stereocenters. The van der Waals surface area contributed by atoms with Gasteiger partial charge in [0.2, 0.25) is 0 Å². The van der Waals surface area contributed by atoms with Crippen molar-refractivity contribution < 1.29 is 9.47 Å². The van der Waals surface area contributed by atoms with Gasteiger partial charge in [-0.2, -0.15) is 0 Å². The molecule has 0 aliphatic carbocycles. The van der Waals surface area contributed by atoms with Crippen LogP contribution in [0.4, 0.5) is 0 Å². The maximum absolute atomic E-state index is 6.07. The van der Waals surface area contributed by atoms with E-state index in [4.69, 9.17) is 9.47 Å². The summed E-state index contributed by atoms with van der Waals surface area (Å²) >= 11 is 0. The van der Waals surface area contributed by atoms with Gasteiger partial charge in [-0.1, -0.05) is 0 Å². The van der Waals surface area contributed by atoms with Crippen molar-refractivity contribution in [3.63, 3.8) is 0 Å². The number of aromatic nitrogens is 4. The van der Waals surface area contributed by atoms with Crippen molar-refractivity contribution in [1.29, 1.82) is 0 Å². The summed E-state index contributed by atoms with van der Waals surface area (Å²) in [5, 5.41) is 11.8. The molecule has 3 heterocycles. The number of ether oxygens (including phenoxy) is 2. The number of aryl methyl sites for hydroxylation is 1. The van der Waals surface area contributed by atoms with Gasteiger partial charge in [0.25, 0.3) is 0 Å². The monoisotopic (exact) mass is 309 g/mol. The summed E-state index contributed by atoms with van der Waals surface area (Å²) in [4.78, 5) is 2.43. The molecule has 1 aromatic heterocycles. The molecule has 0 spiro atoms. The van der Waals surface area contributed by atoms with Crippen molar-refractivity contribution in [3.8, 4) is 0 Å². The Morgan fingerprint density at radius 1 is 1.27 bits per heavy atom. The summed E-state index contributed by atoms with van der Waals surface area (Å²) in [5.41, 5.74) is 0. The molecular formula is C15H27N5O2. The van der Waals surface area contributed by atoms with Gasteiger partial charge in [0.05, 0.1) is 24.9 Å². The molecule has 2 saturated heterocycles. The summed E-state index contributed by atoms with van der Waals surface area (Å²) in [6, 6.07) is 0.252. The minimum Gasteiger partial charge on any atom is -0.376 e. The standard InChI is InChI=1S/C15H27N5O2/c1-12(15-16-17-18-19(15)2)20-8-6-13(7-9-20)22-11-14-5-3-4-10-21-14/h12-14H,3-11H2,1-2H3/t12-,14-/m1/s1. The fraction of sp³-hybridized carbons (Fsp3) is 0.933. The van der Waals surface area contributed by atoms with E-state index in [2.05, 4.69) is 27.3 Å². The topological polar surface area (TPSA) is 65.3 Å². The molecular weight excluding hydrogens is 282 g/mol. The molecule has 0 radical (unpaired) electrons. The van der Waals surface area contributed by atoms with Crippen LogP contribution in [-0.2, 0) is 16.5 Å². The number of likely N-dealkylation sites (tertiary alicyclic amines) is 1. The van der Waals surface area contributed by atoms with Crippen molar-refractivity contribution in [2.24, 2.45) is 7.05 Å². The minimum absolute atomic E-state index is 0.252. The van der Waals surface area contributed by atoms with Crippen LogP contribution in [0, 0.1) is 0 Å². The molecule has 0 unspecified atom stereocenters. The van der Waals surface area contributed by atoms with Gasteiger partial charge < -0.3 is 9.47 Å². The highest BCUT2D eigenvalue weighted by Gasteiger charge is 2.27. The van der Waals surface area contributed by atoms with Crippen LogP contribution in [0.25, 0.3) is 0 Å². The second-order valence-corrected chi connectivity index (χ2v) is 6.39. The molecule has 0 N–H and O–H groups in total. The molecule has 1 aromatic rings. The van der Waals surface area contributed by atoms with Crippen molar-refractivity contribution in [2.45, 2.75) is 57.3 Å². The third-order valence-corrected chi connectivity index (χ3v) is 4.84. The molecule has 0 aromatic carbocycles. The highest BCUT2D eigenvalue weighted by molar-refractivity contribution is 4.91. The first-order valence-corrected chi connectivity index (χ1v) is 8.43. The van der Waals surface area contributed by atoms with Crippen LogP contribution in [0.5, 0.6) is 0 Å². The zero-order chi connectivity index (χ0) is 15.4. The molecule has 22 heavy (non-hydrogen) atoms. The lowest BCUT2D eigenvalue weighted by atomic mass is 10.1. The predicted molar refractivity (Wildman–Crippen MR) is 81.4 cm³/mol. The van der Waals surface area contributed by atoms with Crippen molar-refractivity contribution in [3.05, 3.63) is 5.82 Å². The molecule has 0 saturated carbocycles. The lowest BCUT2D eigenvalue weighted by molar-refractivity contribution is -0.0770. The Morgan fingerprint density at radius 2 is 2.09 bits per heavy atom. The molecule has 7 heteroatoms. The highest BCUT2D eigenvalue weighted by Crippen LogP contribution is 2.24. The SMILES string of the molecule is C[C@H](c1nnnn1C)N1CCC(OC[C@H]2CCCCO2)CC1. The van der Waals surface area contributed by atoms with E-state index in [1.807, 2.05) is 7.05 Å². The van der Waals surface area contributed by atoms with Crippen molar-refractivity contribution in [2.75, 3.05) is 26.3 Å². The van der Waals surface area contributed by atoms with E-state index in [0.717, 1.165) is 51.4 Å². The van der Waals surface area contributed by atoms with Gasteiger partial charge in [0.1, 0.15) is 0 Å². The quantitative estimate of drug-likeness (QED) is 0.817. The van der Waals surface area contributed by atoms with Gasteiger partial charge in [-0.15, -0.1) is 5.10 Å². The van der Waals surface area contributed by atoms with Gasteiger partial charge in [0, 0.05) is 26.7 Å². The Hall–Kier alpha value is -1.05. The lowest BCUT2D eigenvalue weighted by Gasteiger charge is -2.35. The lowest BCUT2D eigenvalue weighted by Crippen LogP contribution is -2.40. The smallest absolute Gasteiger partial charge is 0.167 e. The van der Waals surface area contributed by atoms with Crippen LogP contribution in [0.1, 0.15) is 50.9 Å². The zero-order valence-electron chi connectivity index (χ0n) is 13.6. The highest BCUT2D eigenvalue weighted by atomic mass is 16.5. The van der Waals surface area contributed by atoms with E-state index in [-0.39, 0.29) is 6.04 Å². The Bertz CT molecular complexity index is 453. The average molecular weight is 309 g/mol. The van der Waals surface area contributed by atoms with Crippen LogP contribution >= 0.6 is 0 Å². The van der Waals surface area contributed by atoms with Crippen molar-refractivity contribution in [1.82, 2.24) is 25.1 Å². The van der Waals surface area contributed by atoms with Gasteiger partial charge in [0.15, 0.2) is 5.82 Å². The number of nitrogens with zero attached hydrogens (tertiary/aromatic N) is 5. The first-order chi connectivity index (χ1) is 10.7. The van der Waals surface area contributed by atoms with E-state index < -0.39 is 0 Å². The van der Waals surface area contributed by atoms with Gasteiger partial charge in [-0.05, 0) is 49.5 Å². The number of hydrogen-bond donors (Lipinski definition) is 0. The van der Waals surface area contributed by atoms with E-state index in [1.165, 1.54) is 12.8 Å². The number of hydrogen-bond acceptors (Lipinski definition) is 6. The average Bonchev–Trinajstić information content (AvgIpc) is 3.00. The first-order valence-electron chi connectivity index (χ1n) is 8.43. The van der Waals surface area contributed by atoms with E-state index in [9.17, 15) is 0 Å². The number of tetrazole rings is 1. The third-order valence-electron chi connectivity index (χ3n) is 4.84. The summed E-state index contributed by atoms with van der Waals surface area (Å²) in [5.74, 6) is 0.926. The largest absolute Gasteiger partial charge is 0.376 e. The molecule has 2 aliphatic rings. The first kappa shape index (κ1) is 15.8. The van der Waals surface area contributed by atoms with E-state index in [1.54, 1.807) is 4.68 Å². The molecule has 124 valence electrons. The molecule has 2 fully saturated rings. The van der Waals surface area contributed by atoms with Crippen LogP contribution in [0.3, 0.4) is 0 Å².